The first kappa shape index (κ1) is 18.6. The number of aryl methyl sites for hydroxylation is 1. The fraction of sp³-hybridized carbons (Fsp3) is 0.238. The van der Waals surface area contributed by atoms with Gasteiger partial charge in [-0.2, -0.15) is 0 Å². The van der Waals surface area contributed by atoms with Crippen molar-refractivity contribution in [1.29, 1.82) is 0 Å². The van der Waals surface area contributed by atoms with Gasteiger partial charge in [0.1, 0.15) is 5.69 Å². The second-order valence-corrected chi connectivity index (χ2v) is 7.99. The number of furan rings is 1. The lowest BCUT2D eigenvalue weighted by Crippen LogP contribution is -2.38. The van der Waals surface area contributed by atoms with E-state index in [1.54, 1.807) is 41.4 Å². The average molecular weight is 423 g/mol. The Morgan fingerprint density at radius 3 is 3.07 bits per heavy atom. The second kappa shape index (κ2) is 7.42. The summed E-state index contributed by atoms with van der Waals surface area (Å²) in [5.74, 6) is -0.377. The lowest BCUT2D eigenvalue weighted by atomic mass is 10.1. The van der Waals surface area contributed by atoms with Gasteiger partial charge < -0.3 is 18.6 Å². The van der Waals surface area contributed by atoms with Crippen LogP contribution in [0.2, 0.25) is 0 Å². The van der Waals surface area contributed by atoms with Crippen LogP contribution in [0.15, 0.2) is 44.8 Å². The van der Waals surface area contributed by atoms with Crippen LogP contribution in [0.1, 0.15) is 26.5 Å². The number of hydrogen-bond donors (Lipinski definition) is 0. The first-order valence-corrected chi connectivity index (χ1v) is 10.3. The summed E-state index contributed by atoms with van der Waals surface area (Å²) < 4.78 is 16.0. The van der Waals surface area contributed by atoms with Crippen LogP contribution in [0.4, 0.5) is 0 Å². The standard InChI is InChI=1S/C21H17N3O5S/c1-12-19-14(9-15(16-3-2-7-27-16)22-20(19)29-23-12)21(26)28-11-18(25)24-6-4-17-13(10-24)5-8-30-17/h2-3,5,7-9H,4,6,10-11H2,1H3. The highest BCUT2D eigenvalue weighted by atomic mass is 32.1. The summed E-state index contributed by atoms with van der Waals surface area (Å²) in [6.07, 6.45) is 2.34. The average Bonchev–Trinajstić information content (AvgIpc) is 3.51. The zero-order chi connectivity index (χ0) is 20.7. The van der Waals surface area contributed by atoms with Crippen molar-refractivity contribution in [2.45, 2.75) is 19.9 Å². The number of aromatic nitrogens is 2. The van der Waals surface area contributed by atoms with Crippen molar-refractivity contribution < 1.29 is 23.3 Å². The van der Waals surface area contributed by atoms with Gasteiger partial charge in [0, 0.05) is 18.0 Å². The van der Waals surface area contributed by atoms with E-state index in [9.17, 15) is 9.59 Å². The van der Waals surface area contributed by atoms with E-state index in [0.717, 1.165) is 12.0 Å². The third kappa shape index (κ3) is 3.26. The molecule has 4 aromatic heterocycles. The molecule has 0 unspecified atom stereocenters. The molecule has 5 rings (SSSR count). The number of nitrogens with zero attached hydrogens (tertiary/aromatic N) is 3. The molecule has 5 heterocycles. The minimum Gasteiger partial charge on any atom is -0.463 e. The van der Waals surface area contributed by atoms with Gasteiger partial charge >= 0.3 is 5.97 Å². The molecule has 0 atom stereocenters. The van der Waals surface area contributed by atoms with Crippen molar-refractivity contribution >= 4 is 34.3 Å². The first-order valence-electron chi connectivity index (χ1n) is 9.41. The number of carbonyl (C=O) groups excluding carboxylic acids is 2. The Morgan fingerprint density at radius 2 is 2.23 bits per heavy atom. The Bertz CT molecular complexity index is 1240. The SMILES string of the molecule is Cc1noc2nc(-c3ccco3)cc(C(=O)OCC(=O)N3CCc4sccc4C3)c12. The molecule has 1 aliphatic rings. The lowest BCUT2D eigenvalue weighted by molar-refractivity contribution is -0.135. The van der Waals surface area contributed by atoms with E-state index in [-0.39, 0.29) is 23.8 Å². The second-order valence-electron chi connectivity index (χ2n) is 6.99. The summed E-state index contributed by atoms with van der Waals surface area (Å²) >= 11 is 1.71. The van der Waals surface area contributed by atoms with E-state index in [0.29, 0.717) is 35.6 Å². The maximum Gasteiger partial charge on any atom is 0.339 e. The monoisotopic (exact) mass is 423 g/mol. The molecule has 1 aliphatic heterocycles. The lowest BCUT2D eigenvalue weighted by Gasteiger charge is -2.26. The van der Waals surface area contributed by atoms with Gasteiger partial charge in [0.05, 0.1) is 22.9 Å². The molecule has 8 nitrogen and oxygen atoms in total. The van der Waals surface area contributed by atoms with Crippen LogP contribution >= 0.6 is 11.3 Å². The zero-order valence-corrected chi connectivity index (χ0v) is 16.9. The van der Waals surface area contributed by atoms with E-state index in [2.05, 4.69) is 10.1 Å². The third-order valence-corrected chi connectivity index (χ3v) is 6.12. The van der Waals surface area contributed by atoms with Crippen LogP contribution in [0.25, 0.3) is 22.6 Å². The van der Waals surface area contributed by atoms with Crippen molar-refractivity contribution in [2.24, 2.45) is 0 Å². The molecular weight excluding hydrogens is 406 g/mol. The molecule has 0 aromatic carbocycles. The number of thiophene rings is 1. The number of amides is 1. The molecule has 0 fully saturated rings. The number of pyridine rings is 1. The number of rotatable bonds is 4. The van der Waals surface area contributed by atoms with Crippen LogP contribution < -0.4 is 0 Å². The van der Waals surface area contributed by atoms with E-state index >= 15 is 0 Å². The van der Waals surface area contributed by atoms with E-state index < -0.39 is 5.97 Å². The quantitative estimate of drug-likeness (QED) is 0.463. The van der Waals surface area contributed by atoms with Gasteiger partial charge in [0.15, 0.2) is 12.4 Å². The van der Waals surface area contributed by atoms with Crippen molar-refractivity contribution in [2.75, 3.05) is 13.2 Å². The summed E-state index contributed by atoms with van der Waals surface area (Å²) in [6.45, 7) is 2.55. The van der Waals surface area contributed by atoms with Crippen molar-refractivity contribution in [1.82, 2.24) is 15.0 Å². The molecule has 9 heteroatoms. The van der Waals surface area contributed by atoms with Gasteiger partial charge in [-0.25, -0.2) is 9.78 Å². The Labute approximate surface area is 175 Å². The number of fused-ring (bicyclic) bond motifs is 2. The molecule has 0 radical (unpaired) electrons. The molecule has 4 aromatic rings. The topological polar surface area (TPSA) is 98.7 Å². The maximum atomic E-state index is 12.9. The first-order chi connectivity index (χ1) is 14.6. The van der Waals surface area contributed by atoms with Gasteiger partial charge in [0.25, 0.3) is 11.6 Å². The number of ether oxygens (including phenoxy) is 1. The Morgan fingerprint density at radius 1 is 1.33 bits per heavy atom. The Hall–Kier alpha value is -3.46. The van der Waals surface area contributed by atoms with Crippen LogP contribution in [-0.2, 0) is 22.5 Å². The van der Waals surface area contributed by atoms with Crippen molar-refractivity contribution in [3.63, 3.8) is 0 Å². The van der Waals surface area contributed by atoms with Crippen LogP contribution in [0.3, 0.4) is 0 Å². The smallest absolute Gasteiger partial charge is 0.339 e. The summed E-state index contributed by atoms with van der Waals surface area (Å²) in [7, 11) is 0. The van der Waals surface area contributed by atoms with Gasteiger partial charge in [-0.3, -0.25) is 4.79 Å². The van der Waals surface area contributed by atoms with Crippen molar-refractivity contribution in [3.05, 3.63) is 57.6 Å². The molecule has 0 saturated heterocycles. The van der Waals surface area contributed by atoms with Crippen molar-refractivity contribution in [3.8, 4) is 11.5 Å². The predicted octanol–water partition coefficient (Wildman–Crippen LogP) is 3.59. The largest absolute Gasteiger partial charge is 0.463 e. The fourth-order valence-corrected chi connectivity index (χ4v) is 4.45. The maximum absolute atomic E-state index is 12.9. The molecule has 1 amide bonds. The van der Waals surface area contributed by atoms with Gasteiger partial charge in [-0.15, -0.1) is 11.3 Å². The summed E-state index contributed by atoms with van der Waals surface area (Å²) in [4.78, 5) is 32.8. The zero-order valence-electron chi connectivity index (χ0n) is 16.1. The van der Waals surface area contributed by atoms with E-state index in [1.807, 2.05) is 11.4 Å². The summed E-state index contributed by atoms with van der Waals surface area (Å²) in [6, 6.07) is 7.05. The molecule has 0 N–H and O–H groups in total. The minimum atomic E-state index is -0.636. The Kier molecular flexibility index (Phi) is 4.59. The van der Waals surface area contributed by atoms with Gasteiger partial charge in [-0.1, -0.05) is 5.16 Å². The van der Waals surface area contributed by atoms with Crippen LogP contribution in [0.5, 0.6) is 0 Å². The molecule has 30 heavy (non-hydrogen) atoms. The van der Waals surface area contributed by atoms with Crippen LogP contribution in [-0.4, -0.2) is 40.1 Å². The Balaban J connectivity index is 1.36. The number of hydrogen-bond acceptors (Lipinski definition) is 8. The molecule has 0 bridgehead atoms. The summed E-state index contributed by atoms with van der Waals surface area (Å²) in [5, 5.41) is 6.39. The fourth-order valence-electron chi connectivity index (χ4n) is 3.56. The van der Waals surface area contributed by atoms with Gasteiger partial charge in [0.2, 0.25) is 0 Å². The number of esters is 1. The highest BCUT2D eigenvalue weighted by molar-refractivity contribution is 7.10. The van der Waals surface area contributed by atoms with E-state index in [1.165, 1.54) is 11.1 Å². The minimum absolute atomic E-state index is 0.209. The van der Waals surface area contributed by atoms with Gasteiger partial charge in [-0.05, 0) is 48.6 Å². The molecule has 0 saturated carbocycles. The predicted molar refractivity (Wildman–Crippen MR) is 108 cm³/mol. The third-order valence-electron chi connectivity index (χ3n) is 5.10. The highest BCUT2D eigenvalue weighted by Gasteiger charge is 2.25. The highest BCUT2D eigenvalue weighted by Crippen LogP contribution is 2.28. The van der Waals surface area contributed by atoms with Crippen LogP contribution in [0, 0.1) is 6.92 Å². The molecule has 0 aliphatic carbocycles. The summed E-state index contributed by atoms with van der Waals surface area (Å²) in [5.41, 5.74) is 2.54. The normalized spacial score (nSPS) is 13.4. The molecule has 0 spiro atoms. The van der Waals surface area contributed by atoms with E-state index in [4.69, 9.17) is 13.7 Å². The number of carbonyl (C=O) groups is 2. The molecular formula is C21H17N3O5S. The molecule has 152 valence electrons.